The van der Waals surface area contributed by atoms with Crippen LogP contribution in [0.3, 0.4) is 0 Å². The number of ether oxygens (including phenoxy) is 2. The van der Waals surface area contributed by atoms with Gasteiger partial charge < -0.3 is 24.8 Å². The van der Waals surface area contributed by atoms with Crippen LogP contribution >= 0.6 is 0 Å². The van der Waals surface area contributed by atoms with E-state index in [1.54, 1.807) is 6.07 Å². The summed E-state index contributed by atoms with van der Waals surface area (Å²) in [6.45, 7) is 2.06. The lowest BCUT2D eigenvalue weighted by Gasteiger charge is -2.50. The molecule has 0 unspecified atom stereocenters. The van der Waals surface area contributed by atoms with Gasteiger partial charge in [0.05, 0.1) is 25.7 Å². The maximum absolute atomic E-state index is 12.5. The van der Waals surface area contributed by atoms with E-state index in [-0.39, 0.29) is 43.3 Å². The third-order valence-electron chi connectivity index (χ3n) is 8.25. The van der Waals surface area contributed by atoms with Crippen LogP contribution in [0, 0.1) is 17.3 Å². The number of aliphatic carboxylic acids is 2. The van der Waals surface area contributed by atoms with Crippen molar-refractivity contribution in [2.24, 2.45) is 17.3 Å². The minimum Gasteiger partial charge on any atom is -0.508 e. The van der Waals surface area contributed by atoms with Gasteiger partial charge in [0.15, 0.2) is 0 Å². The normalized spacial score (nSPS) is 30.9. The van der Waals surface area contributed by atoms with E-state index in [9.17, 15) is 24.3 Å². The minimum atomic E-state index is -1.10. The van der Waals surface area contributed by atoms with Crippen LogP contribution in [0.1, 0.15) is 75.3 Å². The number of carboxylic acids is 2. The Balaban J connectivity index is 1.57. The van der Waals surface area contributed by atoms with E-state index < -0.39 is 41.5 Å². The van der Waals surface area contributed by atoms with Gasteiger partial charge in [-0.15, -0.1) is 0 Å². The van der Waals surface area contributed by atoms with Crippen molar-refractivity contribution in [3.05, 3.63) is 29.3 Å². The number of carbonyl (C=O) groups is 4. The monoisotopic (exact) mass is 488 g/mol. The summed E-state index contributed by atoms with van der Waals surface area (Å²) >= 11 is 0. The molecule has 3 aliphatic carbocycles. The summed E-state index contributed by atoms with van der Waals surface area (Å²) in [5, 5.41) is 27.7. The fraction of sp³-hybridized carbons (Fsp3) is 0.615. The number of phenolic OH excluding ortho intramolecular Hbond substituents is 1. The van der Waals surface area contributed by atoms with Crippen molar-refractivity contribution in [3.63, 3.8) is 0 Å². The smallest absolute Gasteiger partial charge is 0.306 e. The summed E-state index contributed by atoms with van der Waals surface area (Å²) in [5.74, 6) is -2.54. The lowest BCUT2D eigenvalue weighted by atomic mass is 9.55. The third-order valence-corrected chi connectivity index (χ3v) is 8.25. The average molecular weight is 489 g/mol. The summed E-state index contributed by atoms with van der Waals surface area (Å²) in [4.78, 5) is 46.7. The molecule has 2 saturated carbocycles. The first-order valence-corrected chi connectivity index (χ1v) is 12.2. The molecule has 35 heavy (non-hydrogen) atoms. The Bertz CT molecular complexity index is 1020. The SMILES string of the molecule is C[C@]12CC[C@H]3c4ccc(O)cc4CC[C@H]3[C@@H]1C[C@@H](OC(=O)CCC(=O)O)[C@@H]2OC(=O)CCC(=O)O. The molecule has 4 rings (SSSR count). The van der Waals surface area contributed by atoms with Gasteiger partial charge in [-0.05, 0) is 73.1 Å². The van der Waals surface area contributed by atoms with Gasteiger partial charge in [-0.3, -0.25) is 19.2 Å². The Labute approximate surface area is 203 Å². The average Bonchev–Trinajstić information content (AvgIpc) is 3.07. The van der Waals surface area contributed by atoms with Crippen LogP contribution in [0.5, 0.6) is 5.75 Å². The van der Waals surface area contributed by atoms with E-state index in [4.69, 9.17) is 19.7 Å². The van der Waals surface area contributed by atoms with Crippen LogP contribution < -0.4 is 0 Å². The molecule has 190 valence electrons. The summed E-state index contributed by atoms with van der Waals surface area (Å²) in [7, 11) is 0. The van der Waals surface area contributed by atoms with E-state index in [2.05, 4.69) is 6.92 Å². The van der Waals surface area contributed by atoms with E-state index in [0.717, 1.165) is 31.2 Å². The highest BCUT2D eigenvalue weighted by Gasteiger charge is 2.61. The quantitative estimate of drug-likeness (QED) is 0.468. The highest BCUT2D eigenvalue weighted by atomic mass is 16.6. The Morgan fingerprint density at radius 3 is 2.29 bits per heavy atom. The number of aromatic hydroxyl groups is 1. The number of carboxylic acid groups (broad SMARTS) is 2. The number of rotatable bonds is 8. The first kappa shape index (κ1) is 25.0. The van der Waals surface area contributed by atoms with Gasteiger partial charge in [-0.25, -0.2) is 0 Å². The largest absolute Gasteiger partial charge is 0.508 e. The molecule has 0 aliphatic heterocycles. The van der Waals surface area contributed by atoms with Crippen molar-refractivity contribution in [1.82, 2.24) is 0 Å². The zero-order valence-corrected chi connectivity index (χ0v) is 19.8. The molecule has 1 aromatic carbocycles. The van der Waals surface area contributed by atoms with Crippen molar-refractivity contribution in [2.75, 3.05) is 0 Å². The molecule has 0 amide bonds. The second-order valence-corrected chi connectivity index (χ2v) is 10.3. The van der Waals surface area contributed by atoms with Crippen LogP contribution in [0.4, 0.5) is 0 Å². The molecular weight excluding hydrogens is 456 g/mol. The second-order valence-electron chi connectivity index (χ2n) is 10.3. The van der Waals surface area contributed by atoms with Crippen LogP contribution in [-0.4, -0.2) is 51.4 Å². The maximum atomic E-state index is 12.5. The Morgan fingerprint density at radius 2 is 1.63 bits per heavy atom. The molecule has 0 saturated heterocycles. The fourth-order valence-corrected chi connectivity index (χ4v) is 6.68. The van der Waals surface area contributed by atoms with E-state index >= 15 is 0 Å². The van der Waals surface area contributed by atoms with Crippen LogP contribution in [0.2, 0.25) is 0 Å². The van der Waals surface area contributed by atoms with Crippen molar-refractivity contribution in [3.8, 4) is 5.75 Å². The van der Waals surface area contributed by atoms with E-state index in [0.29, 0.717) is 12.3 Å². The number of carbonyl (C=O) groups excluding carboxylic acids is 2. The fourth-order valence-electron chi connectivity index (χ4n) is 6.68. The molecule has 2 fully saturated rings. The Kier molecular flexibility index (Phi) is 7.05. The predicted molar refractivity (Wildman–Crippen MR) is 122 cm³/mol. The van der Waals surface area contributed by atoms with Crippen LogP contribution in [0.25, 0.3) is 0 Å². The molecule has 0 spiro atoms. The predicted octanol–water partition coefficient (Wildman–Crippen LogP) is 3.41. The van der Waals surface area contributed by atoms with Gasteiger partial charge in [0.1, 0.15) is 18.0 Å². The Morgan fingerprint density at radius 1 is 0.971 bits per heavy atom. The standard InChI is InChI=1S/C26H32O9/c1-26-11-10-17-16-5-3-15(27)12-14(16)2-4-18(17)19(26)13-20(34-23(32)8-6-21(28)29)25(26)35-24(33)9-7-22(30)31/h3,5,12,17-20,25,27H,2,4,6-11,13H2,1H3,(H,28,29)(H,30,31)/t17-,18+,19-,20+,25-,26-/m0/s1. The van der Waals surface area contributed by atoms with Gasteiger partial charge in [0.2, 0.25) is 0 Å². The number of phenols is 1. The molecule has 1 aromatic rings. The molecule has 0 heterocycles. The molecule has 3 aliphatic rings. The number of esters is 2. The number of hydrogen-bond donors (Lipinski definition) is 3. The summed E-state index contributed by atoms with van der Waals surface area (Å²) < 4.78 is 11.5. The molecule has 9 heteroatoms. The van der Waals surface area contributed by atoms with Gasteiger partial charge in [0.25, 0.3) is 0 Å². The second kappa shape index (κ2) is 9.87. The third kappa shape index (κ3) is 5.13. The van der Waals surface area contributed by atoms with Crippen molar-refractivity contribution < 1.29 is 44.0 Å². The highest BCUT2D eigenvalue weighted by molar-refractivity contribution is 5.77. The number of aryl methyl sites for hydroxylation is 1. The van der Waals surface area contributed by atoms with Crippen molar-refractivity contribution >= 4 is 23.9 Å². The number of fused-ring (bicyclic) bond motifs is 5. The van der Waals surface area contributed by atoms with Gasteiger partial charge in [-0.1, -0.05) is 13.0 Å². The van der Waals surface area contributed by atoms with Crippen molar-refractivity contribution in [1.29, 1.82) is 0 Å². The highest BCUT2D eigenvalue weighted by Crippen LogP contribution is 2.62. The molecule has 0 bridgehead atoms. The van der Waals surface area contributed by atoms with Gasteiger partial charge in [-0.2, -0.15) is 0 Å². The number of benzene rings is 1. The van der Waals surface area contributed by atoms with Gasteiger partial charge >= 0.3 is 23.9 Å². The van der Waals surface area contributed by atoms with Crippen molar-refractivity contribution in [2.45, 2.75) is 82.8 Å². The van der Waals surface area contributed by atoms with Crippen LogP contribution in [0.15, 0.2) is 18.2 Å². The van der Waals surface area contributed by atoms with Crippen LogP contribution in [-0.2, 0) is 35.1 Å². The molecule has 3 N–H and O–H groups in total. The number of hydrogen-bond acceptors (Lipinski definition) is 7. The topological polar surface area (TPSA) is 147 Å². The summed E-state index contributed by atoms with van der Waals surface area (Å²) in [6, 6.07) is 5.53. The summed E-state index contributed by atoms with van der Waals surface area (Å²) in [5.41, 5.74) is 1.94. The maximum Gasteiger partial charge on any atom is 0.306 e. The zero-order chi connectivity index (χ0) is 25.3. The minimum absolute atomic E-state index is 0.109. The molecule has 0 aromatic heterocycles. The summed E-state index contributed by atoms with van der Waals surface area (Å²) in [6.07, 6.45) is 1.17. The van der Waals surface area contributed by atoms with E-state index in [1.807, 2.05) is 12.1 Å². The molecular formula is C26H32O9. The lowest BCUT2D eigenvalue weighted by Crippen LogP contribution is -2.47. The first-order valence-electron chi connectivity index (χ1n) is 12.2. The zero-order valence-electron chi connectivity index (χ0n) is 19.8. The Hall–Kier alpha value is -3.10. The molecule has 6 atom stereocenters. The van der Waals surface area contributed by atoms with E-state index in [1.165, 1.54) is 5.56 Å². The first-order chi connectivity index (χ1) is 16.6. The lowest BCUT2D eigenvalue weighted by molar-refractivity contribution is -0.174. The molecule has 0 radical (unpaired) electrons. The molecule has 9 nitrogen and oxygen atoms in total. The van der Waals surface area contributed by atoms with Gasteiger partial charge in [0, 0.05) is 5.41 Å².